The molecular formula is C24H15ClO. The van der Waals surface area contributed by atoms with Gasteiger partial charge in [0.25, 0.3) is 0 Å². The minimum atomic E-state index is 0.730. The predicted molar refractivity (Wildman–Crippen MR) is 110 cm³/mol. The van der Waals surface area contributed by atoms with E-state index in [9.17, 15) is 0 Å². The molecule has 0 amide bonds. The molecule has 0 bridgehead atoms. The van der Waals surface area contributed by atoms with Crippen molar-refractivity contribution in [2.75, 3.05) is 0 Å². The van der Waals surface area contributed by atoms with E-state index in [4.69, 9.17) is 16.0 Å². The van der Waals surface area contributed by atoms with E-state index in [0.29, 0.717) is 0 Å². The molecule has 26 heavy (non-hydrogen) atoms. The lowest BCUT2D eigenvalue weighted by Crippen LogP contribution is -1.83. The average molecular weight is 355 g/mol. The van der Waals surface area contributed by atoms with Gasteiger partial charge in [-0.2, -0.15) is 0 Å². The molecule has 2 heteroatoms. The van der Waals surface area contributed by atoms with E-state index in [0.717, 1.165) is 38.4 Å². The third-order valence-corrected chi connectivity index (χ3v) is 5.01. The Hall–Kier alpha value is -3.03. The number of hydrogen-bond donors (Lipinski definition) is 0. The van der Waals surface area contributed by atoms with E-state index in [-0.39, 0.29) is 0 Å². The van der Waals surface area contributed by atoms with E-state index >= 15 is 0 Å². The molecule has 0 spiro atoms. The smallest absolute Gasteiger partial charge is 0.143 e. The van der Waals surface area contributed by atoms with Crippen LogP contribution in [0.25, 0.3) is 44.2 Å². The number of rotatable bonds is 2. The summed E-state index contributed by atoms with van der Waals surface area (Å²) in [7, 11) is 0. The van der Waals surface area contributed by atoms with Crippen molar-refractivity contribution >= 4 is 33.3 Å². The first-order valence-corrected chi connectivity index (χ1v) is 8.95. The first-order valence-electron chi connectivity index (χ1n) is 8.57. The van der Waals surface area contributed by atoms with Crippen molar-refractivity contribution in [3.05, 3.63) is 96.0 Å². The average Bonchev–Trinajstić information content (AvgIpc) is 3.07. The number of fused-ring (bicyclic) bond motifs is 2. The van der Waals surface area contributed by atoms with Gasteiger partial charge >= 0.3 is 0 Å². The quantitative estimate of drug-likeness (QED) is 0.318. The Balaban J connectivity index is 1.88. The first kappa shape index (κ1) is 15.2. The second-order valence-electron chi connectivity index (χ2n) is 6.34. The highest BCUT2D eigenvalue weighted by atomic mass is 35.5. The molecule has 0 atom stereocenters. The van der Waals surface area contributed by atoms with Gasteiger partial charge in [0.1, 0.15) is 11.3 Å². The van der Waals surface area contributed by atoms with Gasteiger partial charge in [-0.25, -0.2) is 0 Å². The van der Waals surface area contributed by atoms with Crippen molar-refractivity contribution in [3.63, 3.8) is 0 Å². The van der Waals surface area contributed by atoms with Gasteiger partial charge in [-0.1, -0.05) is 84.4 Å². The van der Waals surface area contributed by atoms with Crippen LogP contribution in [0.4, 0.5) is 0 Å². The van der Waals surface area contributed by atoms with Crippen LogP contribution < -0.4 is 0 Å². The summed E-state index contributed by atoms with van der Waals surface area (Å²) in [5, 5.41) is 4.22. The lowest BCUT2D eigenvalue weighted by atomic mass is 9.95. The van der Waals surface area contributed by atoms with E-state index in [2.05, 4.69) is 48.5 Å². The van der Waals surface area contributed by atoms with Crippen LogP contribution in [-0.2, 0) is 0 Å². The maximum absolute atomic E-state index is 6.35. The summed E-state index contributed by atoms with van der Waals surface area (Å²) in [6.45, 7) is 0. The van der Waals surface area contributed by atoms with Crippen LogP contribution in [0.3, 0.4) is 0 Å². The number of halogens is 1. The summed E-state index contributed by atoms with van der Waals surface area (Å²) >= 11 is 6.10. The molecule has 0 radical (unpaired) electrons. The standard InChI is InChI=1S/C24H15ClO/c25-18-14-12-17(13-15-18)23-21-9-3-4-11-22(21)26-24(23)20-10-5-7-16-6-1-2-8-19(16)20/h1-15H. The molecule has 0 saturated heterocycles. The van der Waals surface area contributed by atoms with Crippen molar-refractivity contribution in [2.45, 2.75) is 0 Å². The van der Waals surface area contributed by atoms with Crippen molar-refractivity contribution in [2.24, 2.45) is 0 Å². The van der Waals surface area contributed by atoms with Crippen LogP contribution in [0.5, 0.6) is 0 Å². The zero-order valence-corrected chi connectivity index (χ0v) is 14.7. The van der Waals surface area contributed by atoms with E-state index < -0.39 is 0 Å². The fraction of sp³-hybridized carbons (Fsp3) is 0. The van der Waals surface area contributed by atoms with Gasteiger partial charge in [0.2, 0.25) is 0 Å². The SMILES string of the molecule is Clc1ccc(-c2c(-c3cccc4ccccc34)oc3ccccc23)cc1. The van der Waals surface area contributed by atoms with Crippen LogP contribution >= 0.6 is 11.6 Å². The molecule has 0 fully saturated rings. The zero-order chi connectivity index (χ0) is 17.5. The molecular weight excluding hydrogens is 340 g/mol. The summed E-state index contributed by atoms with van der Waals surface area (Å²) in [5.41, 5.74) is 4.19. The third-order valence-electron chi connectivity index (χ3n) is 4.76. The maximum Gasteiger partial charge on any atom is 0.143 e. The lowest BCUT2D eigenvalue weighted by molar-refractivity contribution is 0.633. The van der Waals surface area contributed by atoms with Crippen LogP contribution in [0.1, 0.15) is 0 Å². The van der Waals surface area contributed by atoms with Gasteiger partial charge < -0.3 is 4.42 Å². The molecule has 0 saturated carbocycles. The van der Waals surface area contributed by atoms with Gasteiger partial charge in [0.05, 0.1) is 0 Å². The molecule has 5 aromatic rings. The fourth-order valence-corrected chi connectivity index (χ4v) is 3.69. The Morgan fingerprint density at radius 2 is 1.31 bits per heavy atom. The number of furan rings is 1. The number of benzene rings is 4. The summed E-state index contributed by atoms with van der Waals surface area (Å²) in [5.74, 6) is 0.894. The molecule has 0 N–H and O–H groups in total. The van der Waals surface area contributed by atoms with Gasteiger partial charge in [-0.15, -0.1) is 0 Å². The fourth-order valence-electron chi connectivity index (χ4n) is 3.56. The molecule has 0 aliphatic heterocycles. The Labute approximate surface area is 156 Å². The second kappa shape index (κ2) is 6.05. The van der Waals surface area contributed by atoms with Crippen LogP contribution in [-0.4, -0.2) is 0 Å². The second-order valence-corrected chi connectivity index (χ2v) is 6.77. The lowest BCUT2D eigenvalue weighted by Gasteiger charge is -2.08. The number of para-hydroxylation sites is 1. The van der Waals surface area contributed by atoms with Crippen LogP contribution in [0.15, 0.2) is 95.4 Å². The molecule has 0 aliphatic carbocycles. The third kappa shape index (κ3) is 2.40. The van der Waals surface area contributed by atoms with Crippen molar-refractivity contribution in [1.82, 2.24) is 0 Å². The Kier molecular flexibility index (Phi) is 3.55. The topological polar surface area (TPSA) is 13.1 Å². The zero-order valence-electron chi connectivity index (χ0n) is 13.9. The Morgan fingerprint density at radius 1 is 0.615 bits per heavy atom. The van der Waals surface area contributed by atoms with Crippen molar-refractivity contribution in [3.8, 4) is 22.5 Å². The molecule has 0 aliphatic rings. The first-order chi connectivity index (χ1) is 12.8. The summed E-state index contributed by atoms with van der Waals surface area (Å²) in [6, 6.07) is 30.8. The highest BCUT2D eigenvalue weighted by Gasteiger charge is 2.18. The predicted octanol–water partition coefficient (Wildman–Crippen LogP) is 7.57. The van der Waals surface area contributed by atoms with Gasteiger partial charge in [-0.3, -0.25) is 0 Å². The molecule has 4 aromatic carbocycles. The monoisotopic (exact) mass is 354 g/mol. The molecule has 1 nitrogen and oxygen atoms in total. The molecule has 1 heterocycles. The van der Waals surface area contributed by atoms with Gasteiger partial charge in [-0.05, 0) is 34.5 Å². The summed E-state index contributed by atoms with van der Waals surface area (Å²) in [4.78, 5) is 0. The highest BCUT2D eigenvalue weighted by molar-refractivity contribution is 6.30. The molecule has 124 valence electrons. The minimum Gasteiger partial charge on any atom is -0.455 e. The normalized spacial score (nSPS) is 11.3. The Morgan fingerprint density at radius 3 is 2.15 bits per heavy atom. The molecule has 0 unspecified atom stereocenters. The molecule has 1 aromatic heterocycles. The summed E-state index contributed by atoms with van der Waals surface area (Å²) < 4.78 is 6.35. The van der Waals surface area contributed by atoms with E-state index in [1.807, 2.05) is 42.5 Å². The highest BCUT2D eigenvalue weighted by Crippen LogP contribution is 2.43. The van der Waals surface area contributed by atoms with Crippen molar-refractivity contribution in [1.29, 1.82) is 0 Å². The van der Waals surface area contributed by atoms with Crippen LogP contribution in [0, 0.1) is 0 Å². The maximum atomic E-state index is 6.35. The van der Waals surface area contributed by atoms with Gasteiger partial charge in [0.15, 0.2) is 0 Å². The van der Waals surface area contributed by atoms with E-state index in [1.54, 1.807) is 0 Å². The van der Waals surface area contributed by atoms with E-state index in [1.165, 1.54) is 10.8 Å². The largest absolute Gasteiger partial charge is 0.455 e. The Bertz CT molecular complexity index is 1230. The van der Waals surface area contributed by atoms with Crippen molar-refractivity contribution < 1.29 is 4.42 Å². The minimum absolute atomic E-state index is 0.730. The number of hydrogen-bond acceptors (Lipinski definition) is 1. The van der Waals surface area contributed by atoms with Crippen LogP contribution in [0.2, 0.25) is 5.02 Å². The van der Waals surface area contributed by atoms with Gasteiger partial charge in [0, 0.05) is 21.5 Å². The molecule has 5 rings (SSSR count). The summed E-state index contributed by atoms with van der Waals surface area (Å²) in [6.07, 6.45) is 0.